The molecule has 1 fully saturated rings. The number of carbonyl (C=O) groups is 1. The van der Waals surface area contributed by atoms with Gasteiger partial charge < -0.3 is 14.5 Å². The topological polar surface area (TPSA) is 66.8 Å². The van der Waals surface area contributed by atoms with Crippen LogP contribution in [-0.4, -0.2) is 43.4 Å². The number of hydrogen-bond donors (Lipinski definition) is 1. The second-order valence-electron chi connectivity index (χ2n) is 6.84. The first-order chi connectivity index (χ1) is 12.7. The molecule has 0 radical (unpaired) electrons. The molecule has 1 aliphatic heterocycles. The van der Waals surface area contributed by atoms with Crippen molar-refractivity contribution in [3.63, 3.8) is 0 Å². The number of amides is 1. The standard InChI is InChI=1S/C20H19N5O/c1-13-22-17-7-4-9-21-19(17)25(13)15-8-10-24(12-15)20(26)18-11-14-5-2-3-6-16(14)23-18/h2-7,9,11,15,23H,8,10,12H2,1H3. The van der Waals surface area contributed by atoms with E-state index in [1.165, 1.54) is 0 Å². The number of pyridine rings is 1. The largest absolute Gasteiger partial charge is 0.351 e. The number of fused-ring (bicyclic) bond motifs is 2. The van der Waals surface area contributed by atoms with Crippen LogP contribution in [0.2, 0.25) is 0 Å². The zero-order valence-electron chi connectivity index (χ0n) is 14.5. The number of para-hydroxylation sites is 1. The number of imidazole rings is 1. The van der Waals surface area contributed by atoms with Crippen molar-refractivity contribution in [3.05, 3.63) is 60.2 Å². The van der Waals surface area contributed by atoms with Crippen LogP contribution >= 0.6 is 0 Å². The summed E-state index contributed by atoms with van der Waals surface area (Å²) in [7, 11) is 0. The lowest BCUT2D eigenvalue weighted by Crippen LogP contribution is -2.29. The summed E-state index contributed by atoms with van der Waals surface area (Å²) in [6.45, 7) is 3.42. The number of aromatic nitrogens is 4. The summed E-state index contributed by atoms with van der Waals surface area (Å²) in [6.07, 6.45) is 2.71. The van der Waals surface area contributed by atoms with Crippen LogP contribution < -0.4 is 0 Å². The van der Waals surface area contributed by atoms with E-state index in [-0.39, 0.29) is 11.9 Å². The SMILES string of the molecule is Cc1nc2cccnc2n1C1CCN(C(=O)c2cc3ccccc3[nH]2)C1. The second kappa shape index (κ2) is 5.69. The molecule has 1 N–H and O–H groups in total. The quantitative estimate of drug-likeness (QED) is 0.606. The Morgan fingerprint density at radius 3 is 3.00 bits per heavy atom. The molecule has 1 aromatic carbocycles. The fourth-order valence-corrected chi connectivity index (χ4v) is 3.98. The summed E-state index contributed by atoms with van der Waals surface area (Å²) >= 11 is 0. The van der Waals surface area contributed by atoms with Gasteiger partial charge in [-0.25, -0.2) is 9.97 Å². The summed E-state index contributed by atoms with van der Waals surface area (Å²) in [5.41, 5.74) is 3.45. The summed E-state index contributed by atoms with van der Waals surface area (Å²) in [4.78, 5) is 27.2. The van der Waals surface area contributed by atoms with Gasteiger partial charge in [0.25, 0.3) is 5.91 Å². The number of H-pyrrole nitrogens is 1. The lowest BCUT2D eigenvalue weighted by Gasteiger charge is -2.17. The highest BCUT2D eigenvalue weighted by Crippen LogP contribution is 2.28. The maximum atomic E-state index is 12.9. The Kier molecular flexibility index (Phi) is 3.31. The maximum Gasteiger partial charge on any atom is 0.270 e. The Labute approximate surface area is 150 Å². The van der Waals surface area contributed by atoms with Crippen molar-refractivity contribution < 1.29 is 4.79 Å². The maximum absolute atomic E-state index is 12.9. The van der Waals surface area contributed by atoms with Gasteiger partial charge in [-0.3, -0.25) is 4.79 Å². The number of rotatable bonds is 2. The summed E-state index contributed by atoms with van der Waals surface area (Å²) in [5, 5.41) is 1.06. The Bertz CT molecular complexity index is 1090. The molecule has 1 amide bonds. The van der Waals surface area contributed by atoms with Gasteiger partial charge in [0, 0.05) is 30.2 Å². The molecule has 5 rings (SSSR count). The first-order valence-corrected chi connectivity index (χ1v) is 8.87. The molecule has 130 valence electrons. The minimum atomic E-state index is 0.0544. The molecule has 6 heteroatoms. The molecule has 26 heavy (non-hydrogen) atoms. The highest BCUT2D eigenvalue weighted by Gasteiger charge is 2.30. The fourth-order valence-electron chi connectivity index (χ4n) is 3.98. The summed E-state index contributed by atoms with van der Waals surface area (Å²) in [6, 6.07) is 14.0. The number of nitrogens with one attached hydrogen (secondary N) is 1. The van der Waals surface area contributed by atoms with Gasteiger partial charge in [0.1, 0.15) is 17.0 Å². The van der Waals surface area contributed by atoms with Gasteiger partial charge in [0.05, 0.1) is 6.04 Å². The number of nitrogens with zero attached hydrogens (tertiary/aromatic N) is 4. The average Bonchev–Trinajstić information content (AvgIpc) is 3.36. The van der Waals surface area contributed by atoms with Crippen LogP contribution in [0.25, 0.3) is 22.1 Å². The van der Waals surface area contributed by atoms with Crippen molar-refractivity contribution in [2.24, 2.45) is 0 Å². The van der Waals surface area contributed by atoms with Gasteiger partial charge >= 0.3 is 0 Å². The van der Waals surface area contributed by atoms with Crippen LogP contribution in [0, 0.1) is 6.92 Å². The third-order valence-electron chi connectivity index (χ3n) is 5.20. The van der Waals surface area contributed by atoms with E-state index in [9.17, 15) is 4.79 Å². The molecule has 0 saturated carbocycles. The molecule has 6 nitrogen and oxygen atoms in total. The first kappa shape index (κ1) is 15.1. The van der Waals surface area contributed by atoms with Gasteiger partial charge in [-0.15, -0.1) is 0 Å². The number of hydrogen-bond acceptors (Lipinski definition) is 3. The van der Waals surface area contributed by atoms with E-state index in [2.05, 4.69) is 19.5 Å². The van der Waals surface area contributed by atoms with E-state index in [4.69, 9.17) is 0 Å². The van der Waals surface area contributed by atoms with E-state index < -0.39 is 0 Å². The van der Waals surface area contributed by atoms with Crippen LogP contribution in [0.4, 0.5) is 0 Å². The predicted molar refractivity (Wildman–Crippen MR) is 100 cm³/mol. The van der Waals surface area contributed by atoms with E-state index in [1.54, 1.807) is 6.20 Å². The van der Waals surface area contributed by atoms with Crippen molar-refractivity contribution in [2.75, 3.05) is 13.1 Å². The smallest absolute Gasteiger partial charge is 0.270 e. The van der Waals surface area contributed by atoms with Crippen LogP contribution in [0.3, 0.4) is 0 Å². The minimum Gasteiger partial charge on any atom is -0.351 e. The monoisotopic (exact) mass is 345 g/mol. The number of aromatic amines is 1. The molecule has 4 aromatic rings. The summed E-state index contributed by atoms with van der Waals surface area (Å²) < 4.78 is 2.17. The van der Waals surface area contributed by atoms with E-state index in [0.717, 1.165) is 40.9 Å². The van der Waals surface area contributed by atoms with Crippen LogP contribution in [0.1, 0.15) is 28.8 Å². The Hall–Kier alpha value is -3.15. The van der Waals surface area contributed by atoms with Crippen LogP contribution in [0.5, 0.6) is 0 Å². The number of likely N-dealkylation sites (tertiary alicyclic amines) is 1. The van der Waals surface area contributed by atoms with E-state index >= 15 is 0 Å². The normalized spacial score (nSPS) is 17.4. The second-order valence-corrected chi connectivity index (χ2v) is 6.84. The van der Waals surface area contributed by atoms with Gasteiger partial charge in [0.15, 0.2) is 5.65 Å². The highest BCUT2D eigenvalue weighted by atomic mass is 16.2. The molecule has 1 unspecified atom stereocenters. The number of aryl methyl sites for hydroxylation is 1. The molecule has 0 spiro atoms. The molecular weight excluding hydrogens is 326 g/mol. The Balaban J connectivity index is 1.43. The van der Waals surface area contributed by atoms with Crippen molar-refractivity contribution in [1.29, 1.82) is 0 Å². The van der Waals surface area contributed by atoms with Gasteiger partial charge in [-0.05, 0) is 37.6 Å². The lowest BCUT2D eigenvalue weighted by molar-refractivity contribution is 0.0783. The van der Waals surface area contributed by atoms with Crippen molar-refractivity contribution in [3.8, 4) is 0 Å². The number of carbonyl (C=O) groups excluding carboxylic acids is 1. The summed E-state index contributed by atoms with van der Waals surface area (Å²) in [5.74, 6) is 1.00. The Morgan fingerprint density at radius 1 is 1.23 bits per heavy atom. The minimum absolute atomic E-state index is 0.0544. The van der Waals surface area contributed by atoms with E-state index in [1.807, 2.05) is 54.3 Å². The lowest BCUT2D eigenvalue weighted by atomic mass is 10.2. The van der Waals surface area contributed by atoms with Crippen LogP contribution in [-0.2, 0) is 0 Å². The molecule has 3 aromatic heterocycles. The van der Waals surface area contributed by atoms with Gasteiger partial charge in [0.2, 0.25) is 0 Å². The third-order valence-corrected chi connectivity index (χ3v) is 5.20. The molecule has 1 saturated heterocycles. The zero-order valence-corrected chi connectivity index (χ0v) is 14.5. The fraction of sp³-hybridized carbons (Fsp3) is 0.250. The third kappa shape index (κ3) is 2.29. The van der Waals surface area contributed by atoms with Gasteiger partial charge in [-0.2, -0.15) is 0 Å². The molecule has 4 heterocycles. The Morgan fingerprint density at radius 2 is 2.12 bits per heavy atom. The van der Waals surface area contributed by atoms with E-state index in [0.29, 0.717) is 12.2 Å². The predicted octanol–water partition coefficient (Wildman–Crippen LogP) is 3.31. The molecule has 1 aliphatic rings. The molecule has 0 aliphatic carbocycles. The molecule has 0 bridgehead atoms. The first-order valence-electron chi connectivity index (χ1n) is 8.87. The zero-order chi connectivity index (χ0) is 17.7. The highest BCUT2D eigenvalue weighted by molar-refractivity contribution is 5.98. The van der Waals surface area contributed by atoms with Crippen molar-refractivity contribution >= 4 is 28.0 Å². The van der Waals surface area contributed by atoms with Gasteiger partial charge in [-0.1, -0.05) is 18.2 Å². The average molecular weight is 345 g/mol. The van der Waals surface area contributed by atoms with Crippen molar-refractivity contribution in [2.45, 2.75) is 19.4 Å². The van der Waals surface area contributed by atoms with Crippen LogP contribution in [0.15, 0.2) is 48.7 Å². The molecule has 1 atom stereocenters. The molecular formula is C20H19N5O. The number of benzene rings is 1. The van der Waals surface area contributed by atoms with Crippen molar-refractivity contribution in [1.82, 2.24) is 24.4 Å².